The number of amides is 1. The Bertz CT molecular complexity index is 633. The van der Waals surface area contributed by atoms with Crippen molar-refractivity contribution in [1.82, 2.24) is 10.2 Å². The SMILES string of the molecule is C[C@H](CC(=O)NC[C@@H](c1ccco1)N1CCCCC1)c1ccccc1. The standard InChI is InChI=1S/C21H28N2O2/c1-17(18-9-4-2-5-10-18)15-21(24)22-16-19(20-11-8-14-25-20)23-12-6-3-7-13-23/h2,4-5,8-11,14,17,19H,3,6-7,12-13,15-16H2,1H3,(H,22,24)/t17-,19+/m1/s1. The van der Waals surface area contributed by atoms with Gasteiger partial charge in [0.05, 0.1) is 12.3 Å². The zero-order valence-corrected chi connectivity index (χ0v) is 15.0. The van der Waals surface area contributed by atoms with Crippen LogP contribution in [0.25, 0.3) is 0 Å². The van der Waals surface area contributed by atoms with Crippen molar-refractivity contribution >= 4 is 5.91 Å². The normalized spacial score (nSPS) is 17.8. The van der Waals surface area contributed by atoms with Gasteiger partial charge in [-0.3, -0.25) is 9.69 Å². The first kappa shape index (κ1) is 17.7. The lowest BCUT2D eigenvalue weighted by Crippen LogP contribution is -2.40. The summed E-state index contributed by atoms with van der Waals surface area (Å²) in [6.45, 7) is 4.85. The third kappa shape index (κ3) is 4.95. The van der Waals surface area contributed by atoms with Crippen molar-refractivity contribution < 1.29 is 9.21 Å². The number of carbonyl (C=O) groups excluding carboxylic acids is 1. The minimum Gasteiger partial charge on any atom is -0.468 e. The van der Waals surface area contributed by atoms with Gasteiger partial charge in [0.15, 0.2) is 0 Å². The van der Waals surface area contributed by atoms with E-state index in [4.69, 9.17) is 4.42 Å². The highest BCUT2D eigenvalue weighted by atomic mass is 16.3. The molecule has 1 aliphatic heterocycles. The average Bonchev–Trinajstić information content (AvgIpc) is 3.18. The van der Waals surface area contributed by atoms with Crippen LogP contribution in [-0.2, 0) is 4.79 Å². The van der Waals surface area contributed by atoms with Gasteiger partial charge in [0.1, 0.15) is 5.76 Å². The molecule has 0 bridgehead atoms. The van der Waals surface area contributed by atoms with E-state index in [9.17, 15) is 4.79 Å². The van der Waals surface area contributed by atoms with Crippen molar-refractivity contribution in [3.05, 3.63) is 60.1 Å². The van der Waals surface area contributed by atoms with Crippen LogP contribution in [0.1, 0.15) is 55.9 Å². The molecule has 2 heterocycles. The maximum atomic E-state index is 12.4. The monoisotopic (exact) mass is 340 g/mol. The molecular formula is C21H28N2O2. The first-order chi connectivity index (χ1) is 12.2. The Morgan fingerprint density at radius 1 is 1.12 bits per heavy atom. The molecular weight excluding hydrogens is 312 g/mol. The third-order valence-electron chi connectivity index (χ3n) is 5.06. The molecule has 3 rings (SSSR count). The molecule has 2 atom stereocenters. The first-order valence-electron chi connectivity index (χ1n) is 9.33. The second-order valence-corrected chi connectivity index (χ2v) is 6.95. The second kappa shape index (κ2) is 8.86. The molecule has 134 valence electrons. The molecule has 0 saturated carbocycles. The Hall–Kier alpha value is -2.07. The minimum absolute atomic E-state index is 0.102. The number of hydrogen-bond donors (Lipinski definition) is 1. The quantitative estimate of drug-likeness (QED) is 0.825. The molecule has 0 unspecified atom stereocenters. The highest BCUT2D eigenvalue weighted by Gasteiger charge is 2.25. The predicted octanol–water partition coefficient (Wildman–Crippen LogP) is 4.12. The third-order valence-corrected chi connectivity index (χ3v) is 5.06. The molecule has 1 N–H and O–H groups in total. The molecule has 0 aliphatic carbocycles. The largest absolute Gasteiger partial charge is 0.468 e. The van der Waals surface area contributed by atoms with Crippen LogP contribution in [0.2, 0.25) is 0 Å². The summed E-state index contributed by atoms with van der Waals surface area (Å²) in [4.78, 5) is 14.9. The summed E-state index contributed by atoms with van der Waals surface area (Å²) >= 11 is 0. The number of rotatable bonds is 7. The summed E-state index contributed by atoms with van der Waals surface area (Å²) in [5.74, 6) is 1.27. The Kier molecular flexibility index (Phi) is 6.29. The van der Waals surface area contributed by atoms with E-state index in [1.54, 1.807) is 6.26 Å². The van der Waals surface area contributed by atoms with Gasteiger partial charge in [0.25, 0.3) is 0 Å². The van der Waals surface area contributed by atoms with E-state index >= 15 is 0 Å². The van der Waals surface area contributed by atoms with Crippen LogP contribution < -0.4 is 5.32 Å². The van der Waals surface area contributed by atoms with Gasteiger partial charge < -0.3 is 9.73 Å². The average molecular weight is 340 g/mol. The molecule has 1 aliphatic rings. The molecule has 4 heteroatoms. The summed E-state index contributed by atoms with van der Waals surface area (Å²) in [6.07, 6.45) is 5.95. The van der Waals surface area contributed by atoms with Crippen molar-refractivity contribution in [1.29, 1.82) is 0 Å². The van der Waals surface area contributed by atoms with Crippen LogP contribution >= 0.6 is 0 Å². The van der Waals surface area contributed by atoms with Crippen LogP contribution in [0.15, 0.2) is 53.1 Å². The van der Waals surface area contributed by atoms with Crippen LogP contribution in [-0.4, -0.2) is 30.4 Å². The lowest BCUT2D eigenvalue weighted by Gasteiger charge is -2.33. The summed E-state index contributed by atoms with van der Waals surface area (Å²) in [5.41, 5.74) is 1.20. The molecule has 2 aromatic rings. The first-order valence-corrected chi connectivity index (χ1v) is 9.33. The highest BCUT2D eigenvalue weighted by Crippen LogP contribution is 2.25. The molecule has 1 fully saturated rings. The Morgan fingerprint density at radius 3 is 2.56 bits per heavy atom. The lowest BCUT2D eigenvalue weighted by atomic mass is 9.97. The number of benzene rings is 1. The summed E-state index contributed by atoms with van der Waals surface area (Å²) in [5, 5.41) is 3.13. The van der Waals surface area contributed by atoms with E-state index < -0.39 is 0 Å². The summed E-state index contributed by atoms with van der Waals surface area (Å²) in [6, 6.07) is 14.3. The van der Waals surface area contributed by atoms with Crippen LogP contribution in [0.4, 0.5) is 0 Å². The topological polar surface area (TPSA) is 45.5 Å². The Balaban J connectivity index is 1.56. The fourth-order valence-electron chi connectivity index (χ4n) is 3.58. The lowest BCUT2D eigenvalue weighted by molar-refractivity contribution is -0.121. The molecule has 1 aromatic heterocycles. The van der Waals surface area contributed by atoms with Crippen LogP contribution in [0, 0.1) is 0 Å². The Labute approximate surface area is 150 Å². The van der Waals surface area contributed by atoms with Gasteiger partial charge in [-0.15, -0.1) is 0 Å². The number of piperidine rings is 1. The molecule has 1 saturated heterocycles. The Morgan fingerprint density at radius 2 is 1.88 bits per heavy atom. The molecule has 1 amide bonds. The fourth-order valence-corrected chi connectivity index (χ4v) is 3.58. The number of carbonyl (C=O) groups is 1. The van der Waals surface area contributed by atoms with E-state index in [0.29, 0.717) is 13.0 Å². The smallest absolute Gasteiger partial charge is 0.220 e. The van der Waals surface area contributed by atoms with Gasteiger partial charge in [-0.25, -0.2) is 0 Å². The van der Waals surface area contributed by atoms with Gasteiger partial charge in [0, 0.05) is 13.0 Å². The highest BCUT2D eigenvalue weighted by molar-refractivity contribution is 5.76. The molecule has 1 aromatic carbocycles. The van der Waals surface area contributed by atoms with Crippen LogP contribution in [0.5, 0.6) is 0 Å². The van der Waals surface area contributed by atoms with Crippen LogP contribution in [0.3, 0.4) is 0 Å². The van der Waals surface area contributed by atoms with E-state index in [1.165, 1.54) is 24.8 Å². The van der Waals surface area contributed by atoms with Gasteiger partial charge in [-0.05, 0) is 49.5 Å². The van der Waals surface area contributed by atoms with Crippen molar-refractivity contribution in [2.45, 2.75) is 44.6 Å². The van der Waals surface area contributed by atoms with Crippen molar-refractivity contribution in [2.75, 3.05) is 19.6 Å². The maximum Gasteiger partial charge on any atom is 0.220 e. The number of hydrogen-bond acceptors (Lipinski definition) is 3. The number of furan rings is 1. The van der Waals surface area contributed by atoms with Gasteiger partial charge in [-0.1, -0.05) is 43.7 Å². The van der Waals surface area contributed by atoms with Gasteiger partial charge in [0.2, 0.25) is 5.91 Å². The molecule has 0 spiro atoms. The molecule has 0 radical (unpaired) electrons. The number of likely N-dealkylation sites (tertiary alicyclic amines) is 1. The molecule has 25 heavy (non-hydrogen) atoms. The van der Waals surface area contributed by atoms with Crippen molar-refractivity contribution in [3.8, 4) is 0 Å². The fraction of sp³-hybridized carbons (Fsp3) is 0.476. The van der Waals surface area contributed by atoms with E-state index in [-0.39, 0.29) is 17.9 Å². The zero-order valence-electron chi connectivity index (χ0n) is 15.0. The van der Waals surface area contributed by atoms with E-state index in [1.807, 2.05) is 30.3 Å². The second-order valence-electron chi connectivity index (χ2n) is 6.95. The van der Waals surface area contributed by atoms with Crippen molar-refractivity contribution in [3.63, 3.8) is 0 Å². The maximum absolute atomic E-state index is 12.4. The van der Waals surface area contributed by atoms with E-state index in [2.05, 4.69) is 29.3 Å². The predicted molar refractivity (Wildman–Crippen MR) is 99.4 cm³/mol. The number of nitrogens with one attached hydrogen (secondary N) is 1. The summed E-state index contributed by atoms with van der Waals surface area (Å²) in [7, 11) is 0. The molecule has 4 nitrogen and oxygen atoms in total. The minimum atomic E-state index is 0.102. The summed E-state index contributed by atoms with van der Waals surface area (Å²) < 4.78 is 5.64. The van der Waals surface area contributed by atoms with Gasteiger partial charge in [-0.2, -0.15) is 0 Å². The number of nitrogens with zero attached hydrogens (tertiary/aromatic N) is 1. The van der Waals surface area contributed by atoms with E-state index in [0.717, 1.165) is 18.8 Å². The zero-order chi connectivity index (χ0) is 17.5. The van der Waals surface area contributed by atoms with Gasteiger partial charge >= 0.3 is 0 Å². The van der Waals surface area contributed by atoms with Crippen molar-refractivity contribution in [2.24, 2.45) is 0 Å².